The molecular weight excluding hydrogens is 228 g/mol. The van der Waals surface area contributed by atoms with Crippen LogP contribution in [0.3, 0.4) is 0 Å². The summed E-state index contributed by atoms with van der Waals surface area (Å²) in [4.78, 5) is 3.24. The maximum atomic E-state index is 5.77. The third-order valence-electron chi connectivity index (χ3n) is 4.74. The molecule has 0 bridgehead atoms. The molecule has 0 saturated carbocycles. The van der Waals surface area contributed by atoms with Crippen LogP contribution >= 0.6 is 12.2 Å². The van der Waals surface area contributed by atoms with Crippen LogP contribution in [0.5, 0.6) is 0 Å². The molecule has 0 aliphatic carbocycles. The van der Waals surface area contributed by atoms with Gasteiger partial charge in [0.2, 0.25) is 0 Å². The molecule has 2 N–H and O–H groups in total. The van der Waals surface area contributed by atoms with E-state index < -0.39 is 0 Å². The standard InChI is InChI=1S/C14H28N2S/c1-5-14(6-2)8-10-16(11-14)9-7-13(3,4)12(15)17/h5-11H2,1-4H3,(H2,15,17). The van der Waals surface area contributed by atoms with E-state index in [1.54, 1.807) is 0 Å². The summed E-state index contributed by atoms with van der Waals surface area (Å²) in [5.74, 6) is 0. The quantitative estimate of drug-likeness (QED) is 0.740. The lowest BCUT2D eigenvalue weighted by atomic mass is 9.82. The van der Waals surface area contributed by atoms with Crippen LogP contribution in [0, 0.1) is 10.8 Å². The highest BCUT2D eigenvalue weighted by atomic mass is 32.1. The van der Waals surface area contributed by atoms with Crippen molar-refractivity contribution < 1.29 is 0 Å². The molecule has 1 rings (SSSR count). The van der Waals surface area contributed by atoms with Crippen molar-refractivity contribution in [3.63, 3.8) is 0 Å². The number of nitrogens with zero attached hydrogens (tertiary/aromatic N) is 1. The zero-order valence-electron chi connectivity index (χ0n) is 11.9. The van der Waals surface area contributed by atoms with Gasteiger partial charge in [0.15, 0.2) is 0 Å². The number of nitrogens with two attached hydrogens (primary N) is 1. The highest BCUT2D eigenvalue weighted by Crippen LogP contribution is 2.37. The molecule has 0 radical (unpaired) electrons. The van der Waals surface area contributed by atoms with Crippen LogP contribution in [-0.4, -0.2) is 29.5 Å². The third kappa shape index (κ3) is 3.65. The Bertz CT molecular complexity index is 269. The summed E-state index contributed by atoms with van der Waals surface area (Å²) in [5.41, 5.74) is 6.35. The zero-order valence-corrected chi connectivity index (χ0v) is 12.7. The molecule has 0 atom stereocenters. The van der Waals surface area contributed by atoms with Gasteiger partial charge in [0.1, 0.15) is 0 Å². The first-order valence-corrected chi connectivity index (χ1v) is 7.28. The lowest BCUT2D eigenvalue weighted by Crippen LogP contribution is -2.35. The molecule has 1 aliphatic heterocycles. The minimum atomic E-state index is -0.000980. The van der Waals surface area contributed by atoms with Gasteiger partial charge in [-0.1, -0.05) is 39.9 Å². The molecular formula is C14H28N2S. The normalized spacial score (nSPS) is 20.7. The summed E-state index contributed by atoms with van der Waals surface area (Å²) < 4.78 is 0. The Morgan fingerprint density at radius 1 is 1.35 bits per heavy atom. The lowest BCUT2D eigenvalue weighted by Gasteiger charge is -2.29. The van der Waals surface area contributed by atoms with E-state index in [2.05, 4.69) is 32.6 Å². The first-order chi connectivity index (χ1) is 7.85. The van der Waals surface area contributed by atoms with Gasteiger partial charge in [0.25, 0.3) is 0 Å². The first kappa shape index (κ1) is 14.9. The van der Waals surface area contributed by atoms with Crippen LogP contribution in [0.2, 0.25) is 0 Å². The maximum absolute atomic E-state index is 5.77. The van der Waals surface area contributed by atoms with Crippen LogP contribution in [-0.2, 0) is 0 Å². The van der Waals surface area contributed by atoms with Crippen LogP contribution in [0.1, 0.15) is 53.4 Å². The van der Waals surface area contributed by atoms with Crippen LogP contribution in [0.15, 0.2) is 0 Å². The Hall–Kier alpha value is -0.150. The molecule has 0 amide bonds. The van der Waals surface area contributed by atoms with E-state index in [9.17, 15) is 0 Å². The number of hydrogen-bond donors (Lipinski definition) is 1. The summed E-state index contributed by atoms with van der Waals surface area (Å²) in [6, 6.07) is 0. The largest absolute Gasteiger partial charge is 0.393 e. The summed E-state index contributed by atoms with van der Waals surface area (Å²) >= 11 is 5.12. The molecule has 3 heteroatoms. The van der Waals surface area contributed by atoms with Gasteiger partial charge >= 0.3 is 0 Å². The maximum Gasteiger partial charge on any atom is 0.0784 e. The smallest absolute Gasteiger partial charge is 0.0784 e. The number of hydrogen-bond acceptors (Lipinski definition) is 2. The van der Waals surface area contributed by atoms with Gasteiger partial charge < -0.3 is 10.6 Å². The van der Waals surface area contributed by atoms with Crippen molar-refractivity contribution >= 4 is 17.2 Å². The van der Waals surface area contributed by atoms with E-state index in [1.807, 2.05) is 0 Å². The first-order valence-electron chi connectivity index (χ1n) is 6.87. The zero-order chi connectivity index (χ0) is 13.1. The van der Waals surface area contributed by atoms with Crippen molar-refractivity contribution in [2.45, 2.75) is 53.4 Å². The SMILES string of the molecule is CCC1(CC)CCN(CCC(C)(C)C(N)=S)C1. The second-order valence-corrected chi connectivity index (χ2v) is 6.67. The van der Waals surface area contributed by atoms with E-state index in [4.69, 9.17) is 18.0 Å². The highest BCUT2D eigenvalue weighted by Gasteiger charge is 2.35. The van der Waals surface area contributed by atoms with Crippen LogP contribution < -0.4 is 5.73 Å². The molecule has 0 aromatic rings. The monoisotopic (exact) mass is 256 g/mol. The molecule has 0 spiro atoms. The van der Waals surface area contributed by atoms with Gasteiger partial charge in [0.05, 0.1) is 4.99 Å². The molecule has 2 nitrogen and oxygen atoms in total. The molecule has 1 aliphatic rings. The fourth-order valence-electron chi connectivity index (χ4n) is 2.61. The molecule has 1 fully saturated rings. The minimum absolute atomic E-state index is 0.000980. The van der Waals surface area contributed by atoms with E-state index in [0.717, 1.165) is 13.0 Å². The van der Waals surface area contributed by atoms with E-state index in [1.165, 1.54) is 32.4 Å². The van der Waals surface area contributed by atoms with Gasteiger partial charge in [-0.05, 0) is 44.2 Å². The molecule has 1 heterocycles. The van der Waals surface area contributed by atoms with E-state index in [0.29, 0.717) is 10.4 Å². The van der Waals surface area contributed by atoms with Crippen molar-refractivity contribution in [2.75, 3.05) is 19.6 Å². The molecule has 0 aromatic carbocycles. The fourth-order valence-corrected chi connectivity index (χ4v) is 2.71. The van der Waals surface area contributed by atoms with E-state index >= 15 is 0 Å². The summed E-state index contributed by atoms with van der Waals surface area (Å²) in [5, 5.41) is 0. The summed E-state index contributed by atoms with van der Waals surface area (Å²) in [6.07, 6.45) is 5.04. The van der Waals surface area contributed by atoms with Crippen molar-refractivity contribution in [1.29, 1.82) is 0 Å². The Labute approximate surface area is 112 Å². The number of thiocarbonyl (C=S) groups is 1. The number of likely N-dealkylation sites (tertiary alicyclic amines) is 1. The van der Waals surface area contributed by atoms with Gasteiger partial charge in [0, 0.05) is 12.0 Å². The van der Waals surface area contributed by atoms with Gasteiger partial charge in [-0.2, -0.15) is 0 Å². The molecule has 0 unspecified atom stereocenters. The minimum Gasteiger partial charge on any atom is -0.393 e. The second kappa shape index (κ2) is 5.66. The summed E-state index contributed by atoms with van der Waals surface area (Å²) in [7, 11) is 0. The van der Waals surface area contributed by atoms with Gasteiger partial charge in [-0.15, -0.1) is 0 Å². The van der Waals surface area contributed by atoms with Crippen molar-refractivity contribution in [3.8, 4) is 0 Å². The Morgan fingerprint density at radius 3 is 2.35 bits per heavy atom. The fraction of sp³-hybridized carbons (Fsp3) is 0.929. The van der Waals surface area contributed by atoms with Crippen LogP contribution in [0.25, 0.3) is 0 Å². The highest BCUT2D eigenvalue weighted by molar-refractivity contribution is 7.80. The predicted molar refractivity (Wildman–Crippen MR) is 79.3 cm³/mol. The molecule has 17 heavy (non-hydrogen) atoms. The Kier molecular flexibility index (Phi) is 4.96. The molecule has 1 saturated heterocycles. The third-order valence-corrected chi connectivity index (χ3v) is 5.29. The average Bonchev–Trinajstić information content (AvgIpc) is 2.71. The van der Waals surface area contributed by atoms with Crippen molar-refractivity contribution in [3.05, 3.63) is 0 Å². The molecule has 0 aromatic heterocycles. The number of rotatable bonds is 6. The Balaban J connectivity index is 2.44. The van der Waals surface area contributed by atoms with Crippen molar-refractivity contribution in [1.82, 2.24) is 4.90 Å². The van der Waals surface area contributed by atoms with Crippen LogP contribution in [0.4, 0.5) is 0 Å². The van der Waals surface area contributed by atoms with Gasteiger partial charge in [-0.3, -0.25) is 0 Å². The lowest BCUT2D eigenvalue weighted by molar-refractivity contribution is 0.227. The predicted octanol–water partition coefficient (Wildman–Crippen LogP) is 3.20. The average molecular weight is 256 g/mol. The van der Waals surface area contributed by atoms with E-state index in [-0.39, 0.29) is 5.41 Å². The topological polar surface area (TPSA) is 29.3 Å². The molecule has 100 valence electrons. The van der Waals surface area contributed by atoms with Gasteiger partial charge in [-0.25, -0.2) is 0 Å². The second-order valence-electron chi connectivity index (χ2n) is 6.23. The van der Waals surface area contributed by atoms with Crippen molar-refractivity contribution in [2.24, 2.45) is 16.6 Å². The Morgan fingerprint density at radius 2 is 1.94 bits per heavy atom. The summed E-state index contributed by atoms with van der Waals surface area (Å²) in [6.45, 7) is 12.6.